The van der Waals surface area contributed by atoms with E-state index in [1.54, 1.807) is 4.90 Å². The van der Waals surface area contributed by atoms with Crippen LogP contribution in [0.2, 0.25) is 0 Å². The van der Waals surface area contributed by atoms with Gasteiger partial charge in [-0.15, -0.1) is 0 Å². The standard InChI is InChI=1S/C12H22N2O7/c1-9(15)5-13(8-12(20)21-2)3-4-14(6-10(16)17)7-11(18)19/h12,20H,3-8H2,1-2H3,(H,16,17)(H,18,19). The van der Waals surface area contributed by atoms with Crippen molar-refractivity contribution in [1.82, 2.24) is 9.80 Å². The summed E-state index contributed by atoms with van der Waals surface area (Å²) in [6.07, 6.45) is -1.07. The van der Waals surface area contributed by atoms with Gasteiger partial charge in [0.15, 0.2) is 6.29 Å². The lowest BCUT2D eigenvalue weighted by Crippen LogP contribution is -2.44. The molecule has 0 spiro atoms. The van der Waals surface area contributed by atoms with Crippen LogP contribution in [0.15, 0.2) is 0 Å². The molecule has 122 valence electrons. The van der Waals surface area contributed by atoms with Gasteiger partial charge in [0.1, 0.15) is 5.78 Å². The topological polar surface area (TPSA) is 128 Å². The second kappa shape index (κ2) is 10.2. The number of carbonyl (C=O) groups is 3. The zero-order chi connectivity index (χ0) is 16.4. The number of hydrogen-bond donors (Lipinski definition) is 3. The van der Waals surface area contributed by atoms with Crippen molar-refractivity contribution in [2.24, 2.45) is 0 Å². The first-order valence-electron chi connectivity index (χ1n) is 6.33. The molecule has 9 nitrogen and oxygen atoms in total. The quantitative estimate of drug-likeness (QED) is 0.362. The van der Waals surface area contributed by atoms with Crippen LogP contribution in [0, 0.1) is 0 Å². The average Bonchev–Trinajstić information content (AvgIpc) is 2.33. The normalized spacial score (nSPS) is 12.6. The fourth-order valence-electron chi connectivity index (χ4n) is 1.72. The van der Waals surface area contributed by atoms with Gasteiger partial charge in [-0.05, 0) is 6.92 Å². The van der Waals surface area contributed by atoms with E-state index in [2.05, 4.69) is 0 Å². The number of aliphatic hydroxyl groups is 1. The molecule has 0 aromatic carbocycles. The summed E-state index contributed by atoms with van der Waals surface area (Å²) in [5.74, 6) is -2.39. The van der Waals surface area contributed by atoms with Crippen molar-refractivity contribution in [3.05, 3.63) is 0 Å². The Bertz CT molecular complexity index is 346. The van der Waals surface area contributed by atoms with E-state index in [-0.39, 0.29) is 32.0 Å². The van der Waals surface area contributed by atoms with Gasteiger partial charge in [-0.3, -0.25) is 24.2 Å². The summed E-state index contributed by atoms with van der Waals surface area (Å²) in [5.41, 5.74) is 0. The SMILES string of the molecule is COC(O)CN(CCN(CC(=O)O)CC(=O)O)CC(C)=O. The molecule has 0 bridgehead atoms. The Kier molecular flexibility index (Phi) is 9.46. The molecule has 0 aliphatic rings. The van der Waals surface area contributed by atoms with Crippen LogP contribution < -0.4 is 0 Å². The van der Waals surface area contributed by atoms with Gasteiger partial charge in [0.2, 0.25) is 0 Å². The number of rotatable bonds is 12. The molecular formula is C12H22N2O7. The Hall–Kier alpha value is -1.55. The number of ether oxygens (including phenoxy) is 1. The highest BCUT2D eigenvalue weighted by Crippen LogP contribution is 1.97. The fraction of sp³-hybridized carbons (Fsp3) is 0.750. The Morgan fingerprint density at radius 2 is 1.48 bits per heavy atom. The molecule has 0 aliphatic carbocycles. The smallest absolute Gasteiger partial charge is 0.317 e. The van der Waals surface area contributed by atoms with Crippen LogP contribution in [0.25, 0.3) is 0 Å². The van der Waals surface area contributed by atoms with E-state index in [0.717, 1.165) is 0 Å². The zero-order valence-electron chi connectivity index (χ0n) is 12.2. The molecule has 0 radical (unpaired) electrons. The number of methoxy groups -OCH3 is 1. The number of aliphatic hydroxyl groups excluding tert-OH is 1. The Balaban J connectivity index is 4.53. The van der Waals surface area contributed by atoms with E-state index >= 15 is 0 Å². The summed E-state index contributed by atoms with van der Waals surface area (Å²) in [7, 11) is 1.32. The first kappa shape index (κ1) is 19.4. The van der Waals surface area contributed by atoms with Crippen molar-refractivity contribution in [1.29, 1.82) is 0 Å². The maximum Gasteiger partial charge on any atom is 0.317 e. The lowest BCUT2D eigenvalue weighted by Gasteiger charge is -2.26. The largest absolute Gasteiger partial charge is 0.480 e. The van der Waals surface area contributed by atoms with Crippen molar-refractivity contribution < 1.29 is 34.4 Å². The predicted octanol–water partition coefficient (Wildman–Crippen LogP) is -1.69. The second-order valence-electron chi connectivity index (χ2n) is 4.63. The van der Waals surface area contributed by atoms with Gasteiger partial charge in [0.25, 0.3) is 0 Å². The molecule has 9 heteroatoms. The first-order valence-corrected chi connectivity index (χ1v) is 6.33. The van der Waals surface area contributed by atoms with Gasteiger partial charge in [-0.25, -0.2) is 0 Å². The molecule has 0 aliphatic heterocycles. The highest BCUT2D eigenvalue weighted by molar-refractivity contribution is 5.77. The monoisotopic (exact) mass is 306 g/mol. The van der Waals surface area contributed by atoms with Crippen LogP contribution in [0.4, 0.5) is 0 Å². The molecule has 0 fully saturated rings. The highest BCUT2D eigenvalue weighted by atomic mass is 16.6. The van der Waals surface area contributed by atoms with Crippen LogP contribution in [0.3, 0.4) is 0 Å². The lowest BCUT2D eigenvalue weighted by molar-refractivity contribution is -0.142. The summed E-state index contributed by atoms with van der Waals surface area (Å²) in [6, 6.07) is 0. The minimum atomic E-state index is -1.13. The molecule has 0 aromatic heterocycles. The first-order chi connectivity index (χ1) is 9.74. The molecular weight excluding hydrogens is 284 g/mol. The second-order valence-corrected chi connectivity index (χ2v) is 4.63. The van der Waals surface area contributed by atoms with Crippen LogP contribution in [-0.2, 0) is 19.1 Å². The van der Waals surface area contributed by atoms with Crippen molar-refractivity contribution in [3.63, 3.8) is 0 Å². The van der Waals surface area contributed by atoms with Crippen molar-refractivity contribution in [3.8, 4) is 0 Å². The summed E-state index contributed by atoms with van der Waals surface area (Å²) in [6.45, 7) is 1.08. The average molecular weight is 306 g/mol. The Morgan fingerprint density at radius 1 is 1.00 bits per heavy atom. The summed E-state index contributed by atoms with van der Waals surface area (Å²) in [4.78, 5) is 35.3. The Morgan fingerprint density at radius 3 is 1.86 bits per heavy atom. The zero-order valence-corrected chi connectivity index (χ0v) is 12.2. The molecule has 0 aromatic rings. The molecule has 0 saturated heterocycles. The summed E-state index contributed by atoms with van der Waals surface area (Å²) in [5, 5.41) is 26.9. The number of nitrogens with zero attached hydrogens (tertiary/aromatic N) is 2. The molecule has 0 saturated carbocycles. The van der Waals surface area contributed by atoms with Crippen molar-refractivity contribution in [2.45, 2.75) is 13.2 Å². The van der Waals surface area contributed by atoms with E-state index in [4.69, 9.17) is 14.9 Å². The van der Waals surface area contributed by atoms with Crippen LogP contribution in [0.5, 0.6) is 0 Å². The number of Topliss-reactive ketones (excluding diaryl/α,β-unsaturated/α-hetero) is 1. The van der Waals surface area contributed by atoms with Crippen LogP contribution in [0.1, 0.15) is 6.92 Å². The van der Waals surface area contributed by atoms with Gasteiger partial charge < -0.3 is 20.1 Å². The molecule has 1 atom stereocenters. The molecule has 0 rings (SSSR count). The van der Waals surface area contributed by atoms with E-state index in [1.807, 2.05) is 0 Å². The van der Waals surface area contributed by atoms with E-state index < -0.39 is 31.3 Å². The molecule has 0 amide bonds. The fourth-order valence-corrected chi connectivity index (χ4v) is 1.72. The number of ketones is 1. The van der Waals surface area contributed by atoms with Gasteiger partial charge in [0, 0.05) is 26.7 Å². The minimum Gasteiger partial charge on any atom is -0.480 e. The van der Waals surface area contributed by atoms with Crippen LogP contribution >= 0.6 is 0 Å². The Labute approximate surface area is 122 Å². The lowest BCUT2D eigenvalue weighted by atomic mass is 10.3. The van der Waals surface area contributed by atoms with Gasteiger partial charge in [0.05, 0.1) is 19.6 Å². The molecule has 0 heterocycles. The van der Waals surface area contributed by atoms with Crippen LogP contribution in [-0.4, -0.2) is 95.5 Å². The van der Waals surface area contributed by atoms with Crippen molar-refractivity contribution >= 4 is 17.7 Å². The maximum atomic E-state index is 11.2. The number of hydrogen-bond acceptors (Lipinski definition) is 7. The number of aliphatic carboxylic acids is 2. The summed E-state index contributed by atoms with van der Waals surface area (Å²) >= 11 is 0. The minimum absolute atomic E-state index is 0.0639. The van der Waals surface area contributed by atoms with Gasteiger partial charge >= 0.3 is 11.9 Å². The molecule has 21 heavy (non-hydrogen) atoms. The number of carbonyl (C=O) groups excluding carboxylic acids is 1. The van der Waals surface area contributed by atoms with Crippen molar-refractivity contribution in [2.75, 3.05) is 46.4 Å². The summed E-state index contributed by atoms with van der Waals surface area (Å²) < 4.78 is 4.70. The third-order valence-electron chi connectivity index (χ3n) is 2.58. The van der Waals surface area contributed by atoms with E-state index in [0.29, 0.717) is 0 Å². The predicted molar refractivity (Wildman–Crippen MR) is 71.8 cm³/mol. The highest BCUT2D eigenvalue weighted by Gasteiger charge is 2.17. The van der Waals surface area contributed by atoms with Gasteiger partial charge in [-0.2, -0.15) is 0 Å². The maximum absolute atomic E-state index is 11.2. The van der Waals surface area contributed by atoms with Gasteiger partial charge in [-0.1, -0.05) is 0 Å². The third-order valence-corrected chi connectivity index (χ3v) is 2.58. The molecule has 1 unspecified atom stereocenters. The third kappa shape index (κ3) is 10.9. The van der Waals surface area contributed by atoms with E-state index in [9.17, 15) is 19.5 Å². The van der Waals surface area contributed by atoms with E-state index in [1.165, 1.54) is 18.9 Å². The molecule has 3 N–H and O–H groups in total. The number of carboxylic acid groups (broad SMARTS) is 2. The number of carboxylic acids is 2.